The van der Waals surface area contributed by atoms with Gasteiger partial charge in [-0.15, -0.1) is 0 Å². The van der Waals surface area contributed by atoms with Crippen LogP contribution in [0.1, 0.15) is 18.5 Å². The minimum atomic E-state index is -0.147. The van der Waals surface area contributed by atoms with Crippen LogP contribution in [-0.4, -0.2) is 16.3 Å². The van der Waals surface area contributed by atoms with E-state index in [1.54, 1.807) is 6.20 Å². The van der Waals surface area contributed by atoms with Crippen LogP contribution < -0.4 is 16.6 Å². The maximum atomic E-state index is 11.9. The molecule has 0 fully saturated rings. The lowest BCUT2D eigenvalue weighted by atomic mass is 10.1. The Morgan fingerprint density at radius 1 is 1.40 bits per heavy atom. The Bertz CT molecular complexity index is 627. The molecular formula is C14H17BrN4O. The van der Waals surface area contributed by atoms with E-state index in [0.717, 1.165) is 5.56 Å². The maximum Gasteiger partial charge on any atom is 0.283 e. The largest absolute Gasteiger partial charge is 0.381 e. The molecule has 0 aliphatic carbocycles. The summed E-state index contributed by atoms with van der Waals surface area (Å²) < 4.78 is 1.88. The predicted octanol–water partition coefficient (Wildman–Crippen LogP) is 2.14. The lowest BCUT2D eigenvalue weighted by Crippen LogP contribution is -2.25. The minimum Gasteiger partial charge on any atom is -0.381 e. The number of aromatic nitrogens is 2. The Morgan fingerprint density at radius 2 is 2.10 bits per heavy atom. The summed E-state index contributed by atoms with van der Waals surface area (Å²) in [5, 5.41) is 7.23. The number of nitrogens with one attached hydrogen (secondary N) is 1. The van der Waals surface area contributed by atoms with E-state index >= 15 is 0 Å². The van der Waals surface area contributed by atoms with Gasteiger partial charge < -0.3 is 11.1 Å². The fourth-order valence-electron chi connectivity index (χ4n) is 1.85. The predicted molar refractivity (Wildman–Crippen MR) is 83.7 cm³/mol. The molecule has 1 aromatic heterocycles. The summed E-state index contributed by atoms with van der Waals surface area (Å²) in [5.74, 6) is 0. The number of anilines is 1. The van der Waals surface area contributed by atoms with Crippen molar-refractivity contribution < 1.29 is 0 Å². The number of benzene rings is 1. The number of rotatable bonds is 5. The van der Waals surface area contributed by atoms with Gasteiger partial charge in [-0.3, -0.25) is 4.79 Å². The van der Waals surface area contributed by atoms with Gasteiger partial charge >= 0.3 is 0 Å². The average Bonchev–Trinajstić information content (AvgIpc) is 2.49. The van der Waals surface area contributed by atoms with Crippen LogP contribution in [0.2, 0.25) is 0 Å². The highest BCUT2D eigenvalue weighted by Gasteiger charge is 2.10. The van der Waals surface area contributed by atoms with Gasteiger partial charge in [-0.2, -0.15) is 5.10 Å². The van der Waals surface area contributed by atoms with Gasteiger partial charge in [0.1, 0.15) is 4.47 Å². The molecule has 1 unspecified atom stereocenters. The zero-order valence-electron chi connectivity index (χ0n) is 11.2. The zero-order valence-corrected chi connectivity index (χ0v) is 12.8. The summed E-state index contributed by atoms with van der Waals surface area (Å²) >= 11 is 3.30. The quantitative estimate of drug-likeness (QED) is 0.877. The van der Waals surface area contributed by atoms with Crippen molar-refractivity contribution in [3.63, 3.8) is 0 Å². The SMILES string of the molecule is CCn1ncc(NCC(N)c2ccccc2)c(Br)c1=O. The summed E-state index contributed by atoms with van der Waals surface area (Å²) in [7, 11) is 0. The molecule has 0 aliphatic heterocycles. The molecule has 6 heteroatoms. The van der Waals surface area contributed by atoms with Crippen molar-refractivity contribution in [2.24, 2.45) is 5.73 Å². The third-order valence-electron chi connectivity index (χ3n) is 3.02. The summed E-state index contributed by atoms with van der Waals surface area (Å²) in [4.78, 5) is 11.9. The van der Waals surface area contributed by atoms with Crippen molar-refractivity contribution in [3.05, 3.63) is 56.9 Å². The van der Waals surface area contributed by atoms with E-state index in [1.165, 1.54) is 4.68 Å². The second-order valence-corrected chi connectivity index (χ2v) is 5.18. The van der Waals surface area contributed by atoms with Crippen molar-refractivity contribution in [1.29, 1.82) is 0 Å². The first-order valence-corrected chi connectivity index (χ1v) is 7.22. The summed E-state index contributed by atoms with van der Waals surface area (Å²) in [6, 6.07) is 9.68. The molecule has 2 rings (SSSR count). The van der Waals surface area contributed by atoms with E-state index in [9.17, 15) is 4.79 Å². The molecular weight excluding hydrogens is 320 g/mol. The van der Waals surface area contributed by atoms with Gasteiger partial charge in [0, 0.05) is 19.1 Å². The van der Waals surface area contributed by atoms with E-state index in [0.29, 0.717) is 23.2 Å². The van der Waals surface area contributed by atoms with Crippen LogP contribution in [0.15, 0.2) is 45.8 Å². The molecule has 0 saturated carbocycles. The van der Waals surface area contributed by atoms with Crippen molar-refractivity contribution >= 4 is 21.6 Å². The summed E-state index contributed by atoms with van der Waals surface area (Å²) in [6.07, 6.45) is 1.63. The van der Waals surface area contributed by atoms with Gasteiger partial charge in [-0.1, -0.05) is 30.3 Å². The van der Waals surface area contributed by atoms with E-state index in [4.69, 9.17) is 5.73 Å². The monoisotopic (exact) mass is 336 g/mol. The topological polar surface area (TPSA) is 72.9 Å². The van der Waals surface area contributed by atoms with Crippen molar-refractivity contribution in [2.75, 3.05) is 11.9 Å². The van der Waals surface area contributed by atoms with Gasteiger partial charge in [0.05, 0.1) is 11.9 Å². The van der Waals surface area contributed by atoms with E-state index in [2.05, 4.69) is 26.3 Å². The molecule has 0 saturated heterocycles. The van der Waals surface area contributed by atoms with Crippen LogP contribution >= 0.6 is 15.9 Å². The standard InChI is InChI=1S/C14H17BrN4O/c1-2-19-14(20)13(15)12(9-18-19)17-8-11(16)10-6-4-3-5-7-10/h3-7,9,11,17H,2,8,16H2,1H3. The van der Waals surface area contributed by atoms with Gasteiger partial charge in [0.2, 0.25) is 0 Å². The molecule has 0 aliphatic rings. The fourth-order valence-corrected chi connectivity index (χ4v) is 2.30. The zero-order chi connectivity index (χ0) is 14.5. The molecule has 0 radical (unpaired) electrons. The molecule has 0 amide bonds. The smallest absolute Gasteiger partial charge is 0.283 e. The molecule has 1 atom stereocenters. The van der Waals surface area contributed by atoms with Gasteiger partial charge in [-0.05, 0) is 28.4 Å². The Morgan fingerprint density at radius 3 is 2.75 bits per heavy atom. The Kier molecular flexibility index (Phi) is 4.92. The first-order valence-electron chi connectivity index (χ1n) is 6.43. The average molecular weight is 337 g/mol. The number of nitrogens with zero attached hydrogens (tertiary/aromatic N) is 2. The molecule has 0 bridgehead atoms. The molecule has 20 heavy (non-hydrogen) atoms. The van der Waals surface area contributed by atoms with E-state index < -0.39 is 0 Å². The lowest BCUT2D eigenvalue weighted by molar-refractivity contribution is 0.612. The second kappa shape index (κ2) is 6.67. The third-order valence-corrected chi connectivity index (χ3v) is 3.79. The highest BCUT2D eigenvalue weighted by molar-refractivity contribution is 9.10. The molecule has 106 valence electrons. The first-order chi connectivity index (χ1) is 9.63. The Hall–Kier alpha value is -1.66. The van der Waals surface area contributed by atoms with Crippen LogP contribution in [0.25, 0.3) is 0 Å². The molecule has 5 nitrogen and oxygen atoms in total. The third kappa shape index (κ3) is 3.26. The summed E-state index contributed by atoms with van der Waals surface area (Å²) in [5.41, 5.74) is 7.66. The molecule has 2 aromatic rings. The van der Waals surface area contributed by atoms with Gasteiger partial charge in [-0.25, -0.2) is 4.68 Å². The van der Waals surface area contributed by atoms with Crippen molar-refractivity contribution in [1.82, 2.24) is 9.78 Å². The fraction of sp³-hybridized carbons (Fsp3) is 0.286. The van der Waals surface area contributed by atoms with Crippen LogP contribution in [0.4, 0.5) is 5.69 Å². The number of nitrogens with two attached hydrogens (primary N) is 1. The van der Waals surface area contributed by atoms with Crippen LogP contribution in [0.5, 0.6) is 0 Å². The Balaban J connectivity index is 2.08. The summed E-state index contributed by atoms with van der Waals surface area (Å²) in [6.45, 7) is 2.94. The molecule has 1 heterocycles. The van der Waals surface area contributed by atoms with E-state index in [-0.39, 0.29) is 11.6 Å². The van der Waals surface area contributed by atoms with Gasteiger partial charge in [0.15, 0.2) is 0 Å². The molecule has 1 aromatic carbocycles. The van der Waals surface area contributed by atoms with Crippen LogP contribution in [-0.2, 0) is 6.54 Å². The van der Waals surface area contributed by atoms with Crippen molar-refractivity contribution in [2.45, 2.75) is 19.5 Å². The number of hydrogen-bond acceptors (Lipinski definition) is 4. The number of hydrogen-bond donors (Lipinski definition) is 2. The minimum absolute atomic E-state index is 0.142. The van der Waals surface area contributed by atoms with E-state index in [1.807, 2.05) is 37.3 Å². The first kappa shape index (κ1) is 14.7. The normalized spacial score (nSPS) is 12.2. The van der Waals surface area contributed by atoms with Gasteiger partial charge in [0.25, 0.3) is 5.56 Å². The van der Waals surface area contributed by atoms with Crippen molar-refractivity contribution in [3.8, 4) is 0 Å². The number of halogens is 1. The highest BCUT2D eigenvalue weighted by Crippen LogP contribution is 2.17. The lowest BCUT2D eigenvalue weighted by Gasteiger charge is -2.15. The maximum absolute atomic E-state index is 11.9. The van der Waals surface area contributed by atoms with Crippen LogP contribution in [0, 0.1) is 0 Å². The highest BCUT2D eigenvalue weighted by atomic mass is 79.9. The number of aryl methyl sites for hydroxylation is 1. The molecule has 0 spiro atoms. The Labute approximate surface area is 125 Å². The van der Waals surface area contributed by atoms with Crippen LogP contribution in [0.3, 0.4) is 0 Å². The second-order valence-electron chi connectivity index (χ2n) is 4.39. The molecule has 3 N–H and O–H groups in total.